The lowest BCUT2D eigenvalue weighted by atomic mass is 10.2. The molecule has 162 valence electrons. The van der Waals surface area contributed by atoms with Gasteiger partial charge in [0.15, 0.2) is 11.5 Å². The van der Waals surface area contributed by atoms with Gasteiger partial charge in [-0.1, -0.05) is 29.8 Å². The second-order valence-corrected chi connectivity index (χ2v) is 8.09. The molecule has 31 heavy (non-hydrogen) atoms. The molecule has 3 rings (SSSR count). The minimum atomic E-state index is -0.0918. The number of hydrogen-bond acceptors (Lipinski definition) is 4. The minimum absolute atomic E-state index is 0.0918. The van der Waals surface area contributed by atoms with E-state index in [-0.39, 0.29) is 5.91 Å². The Morgan fingerprint density at radius 2 is 1.74 bits per heavy atom. The van der Waals surface area contributed by atoms with E-state index < -0.39 is 0 Å². The number of ether oxygens (including phenoxy) is 2. The predicted molar refractivity (Wildman–Crippen MR) is 129 cm³/mol. The number of halogens is 2. The molecule has 0 saturated heterocycles. The van der Waals surface area contributed by atoms with Crippen molar-refractivity contribution in [3.63, 3.8) is 0 Å². The molecule has 0 unspecified atom stereocenters. The van der Waals surface area contributed by atoms with Gasteiger partial charge < -0.3 is 20.1 Å². The molecule has 0 aromatic heterocycles. The van der Waals surface area contributed by atoms with Crippen LogP contribution in [0.5, 0.6) is 11.5 Å². The van der Waals surface area contributed by atoms with Crippen LogP contribution in [0.2, 0.25) is 5.02 Å². The number of anilines is 2. The maximum Gasteiger partial charge on any atom is 0.221 e. The third kappa shape index (κ3) is 6.64. The lowest BCUT2D eigenvalue weighted by molar-refractivity contribution is -0.114. The zero-order valence-corrected chi connectivity index (χ0v) is 19.7. The lowest BCUT2D eigenvalue weighted by Crippen LogP contribution is -2.06. The summed E-state index contributed by atoms with van der Waals surface area (Å²) in [5.41, 5.74) is 3.65. The number of rotatable bonds is 9. The highest BCUT2D eigenvalue weighted by Gasteiger charge is 2.13. The van der Waals surface area contributed by atoms with Crippen molar-refractivity contribution in [2.24, 2.45) is 0 Å². The summed E-state index contributed by atoms with van der Waals surface area (Å²) >= 11 is 9.85. The lowest BCUT2D eigenvalue weighted by Gasteiger charge is -2.16. The maximum atomic E-state index is 11.1. The molecule has 0 aliphatic carbocycles. The van der Waals surface area contributed by atoms with E-state index in [2.05, 4.69) is 26.6 Å². The maximum absolute atomic E-state index is 11.1. The fraction of sp³-hybridized carbons (Fsp3) is 0.208. The van der Waals surface area contributed by atoms with Gasteiger partial charge in [-0.15, -0.1) is 0 Å². The highest BCUT2D eigenvalue weighted by molar-refractivity contribution is 9.10. The molecule has 0 bridgehead atoms. The summed E-state index contributed by atoms with van der Waals surface area (Å²) in [4.78, 5) is 11.1. The summed E-state index contributed by atoms with van der Waals surface area (Å²) in [5, 5.41) is 6.80. The van der Waals surface area contributed by atoms with Crippen LogP contribution in [0.3, 0.4) is 0 Å². The Morgan fingerprint density at radius 3 is 2.42 bits per heavy atom. The molecule has 0 fully saturated rings. The molecule has 3 aromatic carbocycles. The van der Waals surface area contributed by atoms with Crippen LogP contribution in [0.25, 0.3) is 0 Å². The molecule has 7 heteroatoms. The van der Waals surface area contributed by atoms with Crippen LogP contribution in [0.1, 0.15) is 25.0 Å². The molecule has 0 spiro atoms. The molecule has 0 aliphatic heterocycles. The first-order valence-corrected chi connectivity index (χ1v) is 11.1. The Labute approximate surface area is 195 Å². The second-order valence-electron chi connectivity index (χ2n) is 6.83. The van der Waals surface area contributed by atoms with Crippen molar-refractivity contribution in [3.05, 3.63) is 81.3 Å². The summed E-state index contributed by atoms with van der Waals surface area (Å²) in [6.45, 7) is 4.89. The van der Waals surface area contributed by atoms with Gasteiger partial charge in [0.05, 0.1) is 11.1 Å². The predicted octanol–water partition coefficient (Wildman–Crippen LogP) is 6.65. The number of carbonyl (C=O) groups excluding carboxylic acids is 1. The zero-order valence-electron chi connectivity index (χ0n) is 17.4. The number of carbonyl (C=O) groups is 1. The third-order valence-corrected chi connectivity index (χ3v) is 5.36. The fourth-order valence-corrected chi connectivity index (χ4v) is 3.76. The van der Waals surface area contributed by atoms with Gasteiger partial charge in [0, 0.05) is 35.4 Å². The van der Waals surface area contributed by atoms with Crippen LogP contribution in [0.4, 0.5) is 11.4 Å². The molecule has 1 amide bonds. The van der Waals surface area contributed by atoms with Crippen molar-refractivity contribution < 1.29 is 14.3 Å². The van der Waals surface area contributed by atoms with Gasteiger partial charge in [0.2, 0.25) is 5.91 Å². The quantitative estimate of drug-likeness (QED) is 0.343. The molecular weight excluding hydrogens is 480 g/mol. The van der Waals surface area contributed by atoms with E-state index in [1.165, 1.54) is 6.92 Å². The smallest absolute Gasteiger partial charge is 0.221 e. The Morgan fingerprint density at radius 1 is 1.03 bits per heavy atom. The highest BCUT2D eigenvalue weighted by atomic mass is 79.9. The average Bonchev–Trinajstić information content (AvgIpc) is 2.73. The Kier molecular flexibility index (Phi) is 8.20. The number of nitrogens with one attached hydrogen (secondary N) is 2. The molecule has 3 aromatic rings. The minimum Gasteiger partial charge on any atom is -0.490 e. The fourth-order valence-electron chi connectivity index (χ4n) is 2.97. The molecule has 0 radical (unpaired) electrons. The Hall–Kier alpha value is -2.70. The van der Waals surface area contributed by atoms with Gasteiger partial charge >= 0.3 is 0 Å². The van der Waals surface area contributed by atoms with Crippen molar-refractivity contribution in [2.75, 3.05) is 17.2 Å². The van der Waals surface area contributed by atoms with Crippen LogP contribution >= 0.6 is 27.5 Å². The van der Waals surface area contributed by atoms with Gasteiger partial charge in [-0.3, -0.25) is 4.79 Å². The molecule has 0 atom stereocenters. The summed E-state index contributed by atoms with van der Waals surface area (Å²) < 4.78 is 12.7. The summed E-state index contributed by atoms with van der Waals surface area (Å²) in [5.74, 6) is 1.22. The first-order valence-electron chi connectivity index (χ1n) is 9.89. The van der Waals surface area contributed by atoms with E-state index in [1.54, 1.807) is 0 Å². The second kappa shape index (κ2) is 11.1. The molecule has 0 saturated carbocycles. The number of benzene rings is 3. The summed E-state index contributed by atoms with van der Waals surface area (Å²) in [6, 6.07) is 19.1. The van der Waals surface area contributed by atoms with E-state index in [0.29, 0.717) is 36.3 Å². The van der Waals surface area contributed by atoms with Crippen molar-refractivity contribution in [1.82, 2.24) is 0 Å². The van der Waals surface area contributed by atoms with Crippen molar-refractivity contribution in [3.8, 4) is 11.5 Å². The van der Waals surface area contributed by atoms with E-state index in [0.717, 1.165) is 27.0 Å². The Bertz CT molecular complexity index is 1040. The van der Waals surface area contributed by atoms with Crippen LogP contribution in [0.15, 0.2) is 65.1 Å². The monoisotopic (exact) mass is 502 g/mol. The van der Waals surface area contributed by atoms with Crippen molar-refractivity contribution in [2.45, 2.75) is 27.0 Å². The van der Waals surface area contributed by atoms with Crippen molar-refractivity contribution >= 4 is 44.8 Å². The average molecular weight is 504 g/mol. The molecule has 0 aliphatic rings. The molecule has 5 nitrogen and oxygen atoms in total. The highest BCUT2D eigenvalue weighted by Crippen LogP contribution is 2.38. The van der Waals surface area contributed by atoms with E-state index >= 15 is 0 Å². The SMILES string of the molecule is CCOc1cc(CNc2ccc(NC(C)=O)cc2)cc(Br)c1OCc1ccccc1Cl. The van der Waals surface area contributed by atoms with Gasteiger partial charge in [0.1, 0.15) is 6.61 Å². The van der Waals surface area contributed by atoms with Crippen LogP contribution in [0, 0.1) is 0 Å². The first kappa shape index (κ1) is 23.0. The van der Waals surface area contributed by atoms with Crippen LogP contribution in [-0.2, 0) is 17.9 Å². The molecular formula is C24H24BrClN2O3. The number of amides is 1. The number of hydrogen-bond donors (Lipinski definition) is 2. The molecule has 2 N–H and O–H groups in total. The summed E-state index contributed by atoms with van der Waals surface area (Å²) in [6.07, 6.45) is 0. The largest absolute Gasteiger partial charge is 0.490 e. The van der Waals surface area contributed by atoms with E-state index in [1.807, 2.05) is 67.6 Å². The van der Waals surface area contributed by atoms with Crippen LogP contribution in [-0.4, -0.2) is 12.5 Å². The summed E-state index contributed by atoms with van der Waals surface area (Å²) in [7, 11) is 0. The Balaban J connectivity index is 1.70. The third-order valence-electron chi connectivity index (χ3n) is 4.40. The van der Waals surface area contributed by atoms with E-state index in [4.69, 9.17) is 21.1 Å². The van der Waals surface area contributed by atoms with Gasteiger partial charge in [-0.2, -0.15) is 0 Å². The van der Waals surface area contributed by atoms with Crippen molar-refractivity contribution in [1.29, 1.82) is 0 Å². The zero-order chi connectivity index (χ0) is 22.2. The van der Waals surface area contributed by atoms with Gasteiger partial charge in [-0.05, 0) is 70.9 Å². The van der Waals surface area contributed by atoms with E-state index in [9.17, 15) is 4.79 Å². The van der Waals surface area contributed by atoms with Crippen LogP contribution < -0.4 is 20.1 Å². The normalized spacial score (nSPS) is 10.5. The van der Waals surface area contributed by atoms with Gasteiger partial charge in [-0.25, -0.2) is 0 Å². The topological polar surface area (TPSA) is 59.6 Å². The first-order chi connectivity index (χ1) is 15.0. The molecule has 0 heterocycles. The standard InChI is InChI=1S/C24H24BrClN2O3/c1-3-30-23-13-17(14-27-19-8-10-20(11-9-19)28-16(2)29)12-21(25)24(23)31-15-18-6-4-5-7-22(18)26/h4-13,27H,3,14-15H2,1-2H3,(H,28,29). The van der Waals surface area contributed by atoms with Gasteiger partial charge in [0.25, 0.3) is 0 Å².